The lowest BCUT2D eigenvalue weighted by molar-refractivity contribution is -0.129. The molecule has 0 unspecified atom stereocenters. The van der Waals surface area contributed by atoms with E-state index in [1.165, 1.54) is 0 Å². The molecule has 0 spiro atoms. The number of hydrogen-bond donors (Lipinski definition) is 1. The number of carbonyl (C=O) groups excluding carboxylic acids is 1. The van der Waals surface area contributed by atoms with Gasteiger partial charge in [0.15, 0.2) is 0 Å². The number of aliphatic hydroxyl groups is 1. The summed E-state index contributed by atoms with van der Waals surface area (Å²) in [4.78, 5) is 15.0. The van der Waals surface area contributed by atoms with Crippen LogP contribution in [0.4, 0.5) is 0 Å². The molecule has 5 nitrogen and oxygen atoms in total. The topological polar surface area (TPSA) is 53.0 Å². The third-order valence-corrected chi connectivity index (χ3v) is 2.79. The van der Waals surface area contributed by atoms with Crippen LogP contribution in [-0.2, 0) is 4.79 Å². The summed E-state index contributed by atoms with van der Waals surface area (Å²) in [6.45, 7) is 1.37. The normalized spacial score (nSPS) is 9.95. The van der Waals surface area contributed by atoms with Gasteiger partial charge in [0.25, 0.3) is 0 Å². The van der Waals surface area contributed by atoms with Crippen molar-refractivity contribution in [2.75, 3.05) is 47.4 Å². The summed E-state index contributed by atoms with van der Waals surface area (Å²) in [5.74, 6) is 6.23. The van der Waals surface area contributed by atoms with Crippen LogP contribution < -0.4 is 4.74 Å². The van der Waals surface area contributed by atoms with Gasteiger partial charge in [-0.2, -0.15) is 0 Å². The summed E-state index contributed by atoms with van der Waals surface area (Å²) in [7, 11) is 5.37. The first-order chi connectivity index (χ1) is 10.0. The molecule has 5 heteroatoms. The maximum atomic E-state index is 11.5. The first-order valence-electron chi connectivity index (χ1n) is 6.74. The summed E-state index contributed by atoms with van der Waals surface area (Å²) in [5.41, 5.74) is 0.803. The lowest BCUT2D eigenvalue weighted by atomic mass is 10.2. The SMILES string of the molecule is CN(CCOc1cccc(C#CCO)c1)CC(=O)N(C)C. The Hall–Kier alpha value is -2.03. The van der Waals surface area contributed by atoms with Gasteiger partial charge >= 0.3 is 0 Å². The van der Waals surface area contributed by atoms with Gasteiger partial charge < -0.3 is 14.7 Å². The zero-order valence-corrected chi connectivity index (χ0v) is 12.8. The zero-order chi connectivity index (χ0) is 15.7. The molecule has 1 rings (SSSR count). The fraction of sp³-hybridized carbons (Fsp3) is 0.438. The standard InChI is InChI=1S/C16H22N2O3/c1-17(2)16(20)13-18(3)9-11-21-15-8-4-6-14(12-15)7-5-10-19/h4,6,8,12,19H,9-11,13H2,1-3H3. The highest BCUT2D eigenvalue weighted by molar-refractivity contribution is 5.77. The molecule has 0 saturated carbocycles. The van der Waals surface area contributed by atoms with Crippen LogP contribution >= 0.6 is 0 Å². The van der Waals surface area contributed by atoms with E-state index in [2.05, 4.69) is 11.8 Å². The Balaban J connectivity index is 2.40. The quantitative estimate of drug-likeness (QED) is 0.772. The average molecular weight is 290 g/mol. The van der Waals surface area contributed by atoms with Gasteiger partial charge in [-0.3, -0.25) is 9.69 Å². The van der Waals surface area contributed by atoms with Crippen molar-refractivity contribution in [3.8, 4) is 17.6 Å². The van der Waals surface area contributed by atoms with E-state index >= 15 is 0 Å². The third-order valence-electron chi connectivity index (χ3n) is 2.79. The zero-order valence-electron chi connectivity index (χ0n) is 12.8. The van der Waals surface area contributed by atoms with E-state index in [1.54, 1.807) is 19.0 Å². The van der Waals surface area contributed by atoms with E-state index in [1.807, 2.05) is 36.2 Å². The monoisotopic (exact) mass is 290 g/mol. The first-order valence-corrected chi connectivity index (χ1v) is 6.74. The number of aliphatic hydroxyl groups excluding tert-OH is 1. The second-order valence-electron chi connectivity index (χ2n) is 4.86. The molecule has 0 atom stereocenters. The minimum atomic E-state index is -0.157. The van der Waals surface area contributed by atoms with Gasteiger partial charge in [0.2, 0.25) is 5.91 Å². The molecule has 0 aliphatic heterocycles. The molecule has 0 saturated heterocycles. The molecule has 0 fully saturated rings. The van der Waals surface area contributed by atoms with Gasteiger partial charge in [-0.05, 0) is 25.2 Å². The molecular formula is C16H22N2O3. The summed E-state index contributed by atoms with van der Waals surface area (Å²) in [6, 6.07) is 7.40. The minimum Gasteiger partial charge on any atom is -0.492 e. The van der Waals surface area contributed by atoms with Crippen molar-refractivity contribution < 1.29 is 14.6 Å². The molecule has 0 radical (unpaired) electrons. The number of carbonyl (C=O) groups is 1. The van der Waals surface area contributed by atoms with E-state index in [9.17, 15) is 4.79 Å². The Morgan fingerprint density at radius 1 is 1.33 bits per heavy atom. The molecule has 114 valence electrons. The van der Waals surface area contributed by atoms with E-state index in [0.717, 1.165) is 11.3 Å². The largest absolute Gasteiger partial charge is 0.492 e. The highest BCUT2D eigenvalue weighted by Crippen LogP contribution is 2.12. The van der Waals surface area contributed by atoms with E-state index < -0.39 is 0 Å². The predicted octanol–water partition coefficient (Wildman–Crippen LogP) is 0.429. The number of ether oxygens (including phenoxy) is 1. The average Bonchev–Trinajstić information content (AvgIpc) is 2.45. The Labute approximate surface area is 126 Å². The smallest absolute Gasteiger partial charge is 0.236 e. The highest BCUT2D eigenvalue weighted by atomic mass is 16.5. The Bertz CT molecular complexity index is 518. The summed E-state index contributed by atoms with van der Waals surface area (Å²) < 4.78 is 5.64. The second-order valence-corrected chi connectivity index (χ2v) is 4.86. The summed E-state index contributed by atoms with van der Waals surface area (Å²) in [6.07, 6.45) is 0. The van der Waals surface area contributed by atoms with Gasteiger partial charge in [0, 0.05) is 26.2 Å². The predicted molar refractivity (Wildman–Crippen MR) is 82.1 cm³/mol. The number of nitrogens with zero attached hydrogens (tertiary/aromatic N) is 2. The van der Waals surface area contributed by atoms with Crippen molar-refractivity contribution in [3.63, 3.8) is 0 Å². The van der Waals surface area contributed by atoms with Crippen LogP contribution in [-0.4, -0.2) is 68.3 Å². The molecular weight excluding hydrogens is 268 g/mol. The lowest BCUT2D eigenvalue weighted by Crippen LogP contribution is -2.36. The molecule has 0 aliphatic rings. The Morgan fingerprint density at radius 3 is 2.76 bits per heavy atom. The van der Waals surface area contributed by atoms with Crippen molar-refractivity contribution in [3.05, 3.63) is 29.8 Å². The van der Waals surface area contributed by atoms with Crippen LogP contribution in [0.25, 0.3) is 0 Å². The van der Waals surface area contributed by atoms with Crippen LogP contribution in [0.5, 0.6) is 5.75 Å². The molecule has 1 aromatic rings. The third kappa shape index (κ3) is 6.80. The van der Waals surface area contributed by atoms with Crippen molar-refractivity contribution in [2.45, 2.75) is 0 Å². The molecule has 0 heterocycles. The molecule has 0 aromatic heterocycles. The van der Waals surface area contributed by atoms with Crippen molar-refractivity contribution in [1.82, 2.24) is 9.80 Å². The van der Waals surface area contributed by atoms with Crippen LogP contribution in [0.2, 0.25) is 0 Å². The van der Waals surface area contributed by atoms with Crippen molar-refractivity contribution >= 4 is 5.91 Å². The molecule has 21 heavy (non-hydrogen) atoms. The van der Waals surface area contributed by atoms with E-state index in [-0.39, 0.29) is 12.5 Å². The fourth-order valence-corrected chi connectivity index (χ4v) is 1.58. The summed E-state index contributed by atoms with van der Waals surface area (Å²) in [5, 5.41) is 8.67. The number of hydrogen-bond acceptors (Lipinski definition) is 4. The van der Waals surface area contributed by atoms with Gasteiger partial charge in [-0.25, -0.2) is 0 Å². The maximum absolute atomic E-state index is 11.5. The van der Waals surface area contributed by atoms with Crippen LogP contribution in [0.1, 0.15) is 5.56 Å². The Kier molecular flexibility index (Phi) is 7.30. The van der Waals surface area contributed by atoms with E-state index in [4.69, 9.17) is 9.84 Å². The number of benzene rings is 1. The van der Waals surface area contributed by atoms with Crippen molar-refractivity contribution in [1.29, 1.82) is 0 Å². The molecule has 0 aliphatic carbocycles. The van der Waals surface area contributed by atoms with Crippen LogP contribution in [0, 0.1) is 11.8 Å². The highest BCUT2D eigenvalue weighted by Gasteiger charge is 2.08. The molecule has 1 aromatic carbocycles. The fourth-order valence-electron chi connectivity index (χ4n) is 1.58. The maximum Gasteiger partial charge on any atom is 0.236 e. The molecule has 1 amide bonds. The molecule has 1 N–H and O–H groups in total. The van der Waals surface area contributed by atoms with Gasteiger partial charge in [-0.1, -0.05) is 17.9 Å². The summed E-state index contributed by atoms with van der Waals surface area (Å²) >= 11 is 0. The Morgan fingerprint density at radius 2 is 2.10 bits per heavy atom. The lowest BCUT2D eigenvalue weighted by Gasteiger charge is -2.19. The van der Waals surface area contributed by atoms with Crippen LogP contribution in [0.15, 0.2) is 24.3 Å². The minimum absolute atomic E-state index is 0.0683. The van der Waals surface area contributed by atoms with Crippen molar-refractivity contribution in [2.24, 2.45) is 0 Å². The second kappa shape index (κ2) is 9.01. The number of rotatable bonds is 6. The first kappa shape index (κ1) is 17.0. The van der Waals surface area contributed by atoms with Gasteiger partial charge in [0.1, 0.15) is 19.0 Å². The molecule has 0 bridgehead atoms. The van der Waals surface area contributed by atoms with E-state index in [0.29, 0.717) is 19.7 Å². The van der Waals surface area contributed by atoms with Gasteiger partial charge in [-0.15, -0.1) is 0 Å². The van der Waals surface area contributed by atoms with Crippen LogP contribution in [0.3, 0.4) is 0 Å². The van der Waals surface area contributed by atoms with Gasteiger partial charge in [0.05, 0.1) is 6.54 Å². The number of likely N-dealkylation sites (N-methyl/N-ethyl adjacent to an activating group) is 2. The number of amides is 1.